The van der Waals surface area contributed by atoms with E-state index in [2.05, 4.69) is 15.5 Å². The lowest BCUT2D eigenvalue weighted by Crippen LogP contribution is -2.37. The zero-order valence-electron chi connectivity index (χ0n) is 14.3. The van der Waals surface area contributed by atoms with E-state index in [1.165, 1.54) is 11.9 Å². The number of nitrogens with one attached hydrogen (secondary N) is 1. The summed E-state index contributed by atoms with van der Waals surface area (Å²) in [5.74, 6) is -1.52. The molecule has 27 heavy (non-hydrogen) atoms. The van der Waals surface area contributed by atoms with Crippen LogP contribution in [-0.4, -0.2) is 51.9 Å². The molecule has 0 aliphatic carbocycles. The maximum Gasteiger partial charge on any atom is 0.396 e. The van der Waals surface area contributed by atoms with Crippen LogP contribution in [0.1, 0.15) is 17.8 Å². The van der Waals surface area contributed by atoms with Crippen molar-refractivity contribution in [3.63, 3.8) is 0 Å². The molecule has 0 fully saturated rings. The molecule has 0 spiro atoms. The molecule has 1 aromatic carbocycles. The van der Waals surface area contributed by atoms with Crippen LogP contribution in [0.4, 0.5) is 18.0 Å². The zero-order valence-corrected chi connectivity index (χ0v) is 14.3. The molecular weight excluding hydrogens is 369 g/mol. The highest BCUT2D eigenvalue weighted by Gasteiger charge is 2.30. The molecule has 0 bridgehead atoms. The molecule has 0 saturated carbocycles. The summed E-state index contributed by atoms with van der Waals surface area (Å²) in [6.45, 7) is 0.193. The lowest BCUT2D eigenvalue weighted by atomic mass is 10.1. The van der Waals surface area contributed by atoms with E-state index in [-0.39, 0.29) is 25.4 Å². The third-order valence-electron chi connectivity index (χ3n) is 3.45. The number of benzene rings is 1. The molecule has 2 amide bonds. The summed E-state index contributed by atoms with van der Waals surface area (Å²) in [7, 11) is 1.47. The Morgan fingerprint density at radius 1 is 1.33 bits per heavy atom. The van der Waals surface area contributed by atoms with Gasteiger partial charge < -0.3 is 19.8 Å². The number of hydrogen-bond donors (Lipinski definition) is 2. The number of carboxylic acid groups (broad SMARTS) is 1. The number of halogens is 3. The van der Waals surface area contributed by atoms with Crippen molar-refractivity contribution in [2.45, 2.75) is 25.6 Å². The van der Waals surface area contributed by atoms with E-state index in [0.717, 1.165) is 0 Å². The van der Waals surface area contributed by atoms with Crippen LogP contribution in [0.25, 0.3) is 11.5 Å². The molecule has 0 radical (unpaired) electrons. The number of hydrogen-bond acceptors (Lipinski definition) is 5. The van der Waals surface area contributed by atoms with Gasteiger partial charge in [0.15, 0.2) is 5.82 Å². The van der Waals surface area contributed by atoms with Crippen LogP contribution in [0, 0.1) is 0 Å². The molecule has 0 atom stereocenters. The van der Waals surface area contributed by atoms with Crippen LogP contribution >= 0.6 is 0 Å². The lowest BCUT2D eigenvalue weighted by molar-refractivity contribution is -0.137. The quantitative estimate of drug-likeness (QED) is 0.757. The minimum absolute atomic E-state index is 0.0546. The third-order valence-corrected chi connectivity index (χ3v) is 3.45. The molecule has 11 heteroatoms. The third kappa shape index (κ3) is 6.60. The van der Waals surface area contributed by atoms with Crippen LogP contribution in [0.5, 0.6) is 0 Å². The van der Waals surface area contributed by atoms with E-state index in [4.69, 9.17) is 9.63 Å². The van der Waals surface area contributed by atoms with Gasteiger partial charge >= 0.3 is 18.2 Å². The van der Waals surface area contributed by atoms with Crippen molar-refractivity contribution in [1.29, 1.82) is 0 Å². The second kappa shape index (κ2) is 8.52. The molecule has 0 unspecified atom stereocenters. The topological polar surface area (TPSA) is 109 Å². The van der Waals surface area contributed by atoms with E-state index >= 15 is 0 Å². The van der Waals surface area contributed by atoms with Gasteiger partial charge in [-0.2, -0.15) is 18.2 Å². The summed E-state index contributed by atoms with van der Waals surface area (Å²) < 4.78 is 41.9. The normalized spacial score (nSPS) is 11.3. The predicted octanol–water partition coefficient (Wildman–Crippen LogP) is 2.46. The van der Waals surface area contributed by atoms with Crippen molar-refractivity contribution in [3.8, 4) is 11.5 Å². The first-order chi connectivity index (χ1) is 12.6. The predicted molar refractivity (Wildman–Crippen MR) is 86.6 cm³/mol. The molecule has 0 aliphatic rings. The Hall–Kier alpha value is -3.11. The van der Waals surface area contributed by atoms with Gasteiger partial charge in [-0.25, -0.2) is 4.79 Å². The molecule has 0 saturated heterocycles. The number of alkyl halides is 3. The fraction of sp³-hybridized carbons (Fsp3) is 0.375. The monoisotopic (exact) mass is 386 g/mol. The van der Waals surface area contributed by atoms with Crippen LogP contribution in [-0.2, 0) is 17.8 Å². The van der Waals surface area contributed by atoms with Crippen molar-refractivity contribution in [2.24, 2.45) is 0 Å². The number of urea groups is 1. The van der Waals surface area contributed by atoms with Gasteiger partial charge in [0.1, 0.15) is 6.42 Å². The molecule has 2 N–H and O–H groups in total. The fourth-order valence-electron chi connectivity index (χ4n) is 2.11. The molecule has 8 nitrogen and oxygen atoms in total. The summed E-state index contributed by atoms with van der Waals surface area (Å²) in [5, 5.41) is 14.5. The summed E-state index contributed by atoms with van der Waals surface area (Å²) in [5.41, 5.74) is 1.07. The number of aromatic nitrogens is 2. The molecule has 1 aromatic heterocycles. The summed E-state index contributed by atoms with van der Waals surface area (Å²) in [4.78, 5) is 27.4. The molecule has 2 rings (SSSR count). The second-order valence-electron chi connectivity index (χ2n) is 5.73. The Bertz CT molecular complexity index is 807. The summed E-state index contributed by atoms with van der Waals surface area (Å²) >= 11 is 0. The van der Waals surface area contributed by atoms with Gasteiger partial charge in [-0.05, 0) is 17.7 Å². The van der Waals surface area contributed by atoms with Crippen LogP contribution in [0.2, 0.25) is 0 Å². The molecule has 146 valence electrons. The Morgan fingerprint density at radius 3 is 2.74 bits per heavy atom. The number of aliphatic carboxylic acids is 1. The van der Waals surface area contributed by atoms with Crippen LogP contribution < -0.4 is 5.32 Å². The standard InChI is InChI=1S/C16H17F3N4O4/c1-23(6-5-13(24)25)15(26)20-9-10-3-2-4-11(7-10)14-21-12(22-27-14)8-16(17,18)19/h2-4,7H,5-6,8-9H2,1H3,(H,20,26)(H,24,25). The Kier molecular flexibility index (Phi) is 6.37. The van der Waals surface area contributed by atoms with E-state index in [1.807, 2.05) is 0 Å². The summed E-state index contributed by atoms with van der Waals surface area (Å²) in [6, 6.07) is 6.08. The lowest BCUT2D eigenvalue weighted by Gasteiger charge is -2.17. The van der Waals surface area contributed by atoms with Crippen molar-refractivity contribution in [2.75, 3.05) is 13.6 Å². The molecular formula is C16H17F3N4O4. The minimum atomic E-state index is -4.43. The van der Waals surface area contributed by atoms with Crippen molar-refractivity contribution in [3.05, 3.63) is 35.7 Å². The number of amides is 2. The van der Waals surface area contributed by atoms with Gasteiger partial charge in [-0.3, -0.25) is 4.79 Å². The zero-order chi connectivity index (χ0) is 20.0. The first kappa shape index (κ1) is 20.2. The largest absolute Gasteiger partial charge is 0.481 e. The number of nitrogens with zero attached hydrogens (tertiary/aromatic N) is 3. The van der Waals surface area contributed by atoms with Crippen molar-refractivity contribution < 1.29 is 32.4 Å². The number of carboxylic acids is 1. The van der Waals surface area contributed by atoms with Crippen LogP contribution in [0.3, 0.4) is 0 Å². The van der Waals surface area contributed by atoms with Gasteiger partial charge in [0.2, 0.25) is 0 Å². The Labute approximate surface area is 152 Å². The van der Waals surface area contributed by atoms with Crippen molar-refractivity contribution >= 4 is 12.0 Å². The first-order valence-corrected chi connectivity index (χ1v) is 7.83. The minimum Gasteiger partial charge on any atom is -0.481 e. The number of rotatable bonds is 7. The number of carbonyl (C=O) groups is 2. The highest BCUT2D eigenvalue weighted by Crippen LogP contribution is 2.23. The van der Waals surface area contributed by atoms with E-state index in [0.29, 0.717) is 11.1 Å². The van der Waals surface area contributed by atoms with Gasteiger partial charge in [0.25, 0.3) is 5.89 Å². The number of carbonyl (C=O) groups excluding carboxylic acids is 1. The molecule has 1 heterocycles. The highest BCUT2D eigenvalue weighted by atomic mass is 19.4. The average Bonchev–Trinajstić information content (AvgIpc) is 3.04. The SMILES string of the molecule is CN(CCC(=O)O)C(=O)NCc1cccc(-c2nc(CC(F)(F)F)no2)c1. The Balaban J connectivity index is 1.97. The first-order valence-electron chi connectivity index (χ1n) is 7.83. The second-order valence-corrected chi connectivity index (χ2v) is 5.73. The maximum absolute atomic E-state index is 12.4. The summed E-state index contributed by atoms with van der Waals surface area (Å²) in [6.07, 6.45) is -5.88. The van der Waals surface area contributed by atoms with Gasteiger partial charge in [-0.15, -0.1) is 0 Å². The van der Waals surface area contributed by atoms with Gasteiger partial charge in [-0.1, -0.05) is 17.3 Å². The van der Waals surface area contributed by atoms with E-state index < -0.39 is 30.4 Å². The average molecular weight is 386 g/mol. The van der Waals surface area contributed by atoms with Crippen LogP contribution in [0.15, 0.2) is 28.8 Å². The van der Waals surface area contributed by atoms with Gasteiger partial charge in [0.05, 0.1) is 6.42 Å². The highest BCUT2D eigenvalue weighted by molar-refractivity contribution is 5.75. The van der Waals surface area contributed by atoms with Gasteiger partial charge in [0, 0.05) is 25.7 Å². The molecule has 0 aliphatic heterocycles. The molecule has 2 aromatic rings. The van der Waals surface area contributed by atoms with E-state index in [9.17, 15) is 22.8 Å². The van der Waals surface area contributed by atoms with E-state index in [1.54, 1.807) is 24.3 Å². The van der Waals surface area contributed by atoms with Crippen molar-refractivity contribution in [1.82, 2.24) is 20.4 Å². The smallest absolute Gasteiger partial charge is 0.396 e. The maximum atomic E-state index is 12.4. The Morgan fingerprint density at radius 2 is 2.07 bits per heavy atom. The fourth-order valence-corrected chi connectivity index (χ4v) is 2.11.